The van der Waals surface area contributed by atoms with Crippen LogP contribution >= 0.6 is 11.8 Å². The van der Waals surface area contributed by atoms with Gasteiger partial charge in [0.15, 0.2) is 11.5 Å². The Labute approximate surface area is 132 Å². The number of rotatable bonds is 11. The maximum absolute atomic E-state index is 5.85. The zero-order valence-corrected chi connectivity index (χ0v) is 14.3. The molecule has 0 aliphatic heterocycles. The molecule has 0 bridgehead atoms. The summed E-state index contributed by atoms with van der Waals surface area (Å²) in [4.78, 5) is 0. The van der Waals surface area contributed by atoms with Gasteiger partial charge in [-0.05, 0) is 49.1 Å². The molecule has 0 saturated heterocycles. The van der Waals surface area contributed by atoms with E-state index in [4.69, 9.17) is 14.2 Å². The van der Waals surface area contributed by atoms with Crippen molar-refractivity contribution in [3.8, 4) is 17.2 Å². The Morgan fingerprint density at radius 2 is 1.81 bits per heavy atom. The van der Waals surface area contributed by atoms with E-state index in [1.807, 2.05) is 23.9 Å². The first kappa shape index (κ1) is 18.0. The summed E-state index contributed by atoms with van der Waals surface area (Å²) in [5.74, 6) is 3.24. The molecule has 0 spiro atoms. The number of nitrogens with one attached hydrogen (secondary N) is 1. The fourth-order valence-corrected chi connectivity index (χ4v) is 2.37. The minimum Gasteiger partial charge on any atom is -0.493 e. The summed E-state index contributed by atoms with van der Waals surface area (Å²) >= 11 is 1.82. The standard InChI is InChI=1S/C16H27NO3S/c1-5-7-17-12-13-10-14(18-2)16(15(11-13)19-3)20-8-6-9-21-4/h10-11,17H,5-9,12H2,1-4H3. The highest BCUT2D eigenvalue weighted by Crippen LogP contribution is 2.38. The summed E-state index contributed by atoms with van der Waals surface area (Å²) in [6.45, 7) is 4.62. The smallest absolute Gasteiger partial charge is 0.203 e. The Kier molecular flexibility index (Phi) is 9.10. The van der Waals surface area contributed by atoms with E-state index in [9.17, 15) is 0 Å². The quantitative estimate of drug-likeness (QED) is 0.635. The maximum Gasteiger partial charge on any atom is 0.203 e. The topological polar surface area (TPSA) is 39.7 Å². The van der Waals surface area contributed by atoms with Crippen molar-refractivity contribution in [2.75, 3.05) is 39.4 Å². The molecule has 0 amide bonds. The van der Waals surface area contributed by atoms with Crippen molar-refractivity contribution >= 4 is 11.8 Å². The summed E-state index contributed by atoms with van der Waals surface area (Å²) in [5, 5.41) is 3.38. The van der Waals surface area contributed by atoms with Crippen LogP contribution in [0.3, 0.4) is 0 Å². The third-order valence-electron chi connectivity index (χ3n) is 3.02. The molecule has 0 aromatic heterocycles. The second-order valence-electron chi connectivity index (χ2n) is 4.70. The fraction of sp³-hybridized carbons (Fsp3) is 0.625. The molecule has 0 heterocycles. The number of methoxy groups -OCH3 is 2. The van der Waals surface area contributed by atoms with E-state index in [1.54, 1.807) is 14.2 Å². The Bertz CT molecular complexity index is 388. The van der Waals surface area contributed by atoms with Crippen LogP contribution in [0.1, 0.15) is 25.3 Å². The number of benzene rings is 1. The molecule has 1 aromatic carbocycles. The predicted molar refractivity (Wildman–Crippen MR) is 90.0 cm³/mol. The summed E-state index contributed by atoms with van der Waals surface area (Å²) in [7, 11) is 3.32. The molecule has 120 valence electrons. The zero-order valence-electron chi connectivity index (χ0n) is 13.5. The van der Waals surface area contributed by atoms with Crippen molar-refractivity contribution in [1.29, 1.82) is 0 Å². The van der Waals surface area contributed by atoms with E-state index >= 15 is 0 Å². The third-order valence-corrected chi connectivity index (χ3v) is 3.71. The van der Waals surface area contributed by atoms with Crippen LogP contribution in [0.2, 0.25) is 0 Å². The van der Waals surface area contributed by atoms with Gasteiger partial charge in [-0.2, -0.15) is 11.8 Å². The molecule has 1 aromatic rings. The lowest BCUT2D eigenvalue weighted by Gasteiger charge is -2.16. The highest BCUT2D eigenvalue weighted by Gasteiger charge is 2.14. The van der Waals surface area contributed by atoms with Gasteiger partial charge in [-0.15, -0.1) is 0 Å². The SMILES string of the molecule is CCCNCc1cc(OC)c(OCCCSC)c(OC)c1. The van der Waals surface area contributed by atoms with Crippen LogP contribution in [-0.4, -0.2) is 39.4 Å². The van der Waals surface area contributed by atoms with Gasteiger partial charge in [0, 0.05) is 6.54 Å². The van der Waals surface area contributed by atoms with Crippen molar-refractivity contribution in [3.05, 3.63) is 17.7 Å². The summed E-state index contributed by atoms with van der Waals surface area (Å²) in [5.41, 5.74) is 1.13. The van der Waals surface area contributed by atoms with Crippen molar-refractivity contribution < 1.29 is 14.2 Å². The van der Waals surface area contributed by atoms with E-state index in [1.165, 1.54) is 0 Å². The number of thioether (sulfide) groups is 1. The minimum atomic E-state index is 0.668. The first-order valence-corrected chi connectivity index (χ1v) is 8.73. The lowest BCUT2D eigenvalue weighted by molar-refractivity contribution is 0.275. The molecule has 4 nitrogen and oxygen atoms in total. The average Bonchev–Trinajstić information content (AvgIpc) is 2.51. The molecule has 0 radical (unpaired) electrons. The number of ether oxygens (including phenoxy) is 3. The molecule has 0 atom stereocenters. The molecule has 5 heteroatoms. The van der Waals surface area contributed by atoms with Crippen molar-refractivity contribution in [2.24, 2.45) is 0 Å². The van der Waals surface area contributed by atoms with E-state index in [0.717, 1.165) is 48.7 Å². The molecule has 0 aliphatic rings. The Morgan fingerprint density at radius 1 is 1.14 bits per heavy atom. The van der Waals surface area contributed by atoms with E-state index in [2.05, 4.69) is 18.5 Å². The van der Waals surface area contributed by atoms with Crippen molar-refractivity contribution in [2.45, 2.75) is 26.3 Å². The van der Waals surface area contributed by atoms with Gasteiger partial charge in [-0.3, -0.25) is 0 Å². The Balaban J connectivity index is 2.80. The second-order valence-corrected chi connectivity index (χ2v) is 5.69. The second kappa shape index (κ2) is 10.6. The first-order valence-electron chi connectivity index (χ1n) is 7.34. The van der Waals surface area contributed by atoms with Gasteiger partial charge < -0.3 is 19.5 Å². The number of hydrogen-bond acceptors (Lipinski definition) is 5. The van der Waals surface area contributed by atoms with Crippen molar-refractivity contribution in [3.63, 3.8) is 0 Å². The van der Waals surface area contributed by atoms with Crippen LogP contribution in [0.15, 0.2) is 12.1 Å². The zero-order chi connectivity index (χ0) is 15.5. The van der Waals surface area contributed by atoms with Crippen LogP contribution in [0.25, 0.3) is 0 Å². The molecule has 21 heavy (non-hydrogen) atoms. The minimum absolute atomic E-state index is 0.668. The Hall–Kier alpha value is -1.07. The first-order chi connectivity index (χ1) is 10.3. The predicted octanol–water partition coefficient (Wildman–Crippen LogP) is 3.34. The summed E-state index contributed by atoms with van der Waals surface area (Å²) in [6, 6.07) is 4.02. The van der Waals surface area contributed by atoms with Crippen LogP contribution in [0.4, 0.5) is 0 Å². The molecule has 1 N–H and O–H groups in total. The largest absolute Gasteiger partial charge is 0.493 e. The van der Waals surface area contributed by atoms with E-state index < -0.39 is 0 Å². The highest BCUT2D eigenvalue weighted by atomic mass is 32.2. The maximum atomic E-state index is 5.85. The van der Waals surface area contributed by atoms with E-state index in [-0.39, 0.29) is 0 Å². The van der Waals surface area contributed by atoms with Gasteiger partial charge in [0.25, 0.3) is 0 Å². The van der Waals surface area contributed by atoms with E-state index in [0.29, 0.717) is 12.4 Å². The number of hydrogen-bond donors (Lipinski definition) is 1. The van der Waals surface area contributed by atoms with Gasteiger partial charge in [-0.1, -0.05) is 6.92 Å². The normalized spacial score (nSPS) is 10.5. The van der Waals surface area contributed by atoms with Gasteiger partial charge >= 0.3 is 0 Å². The van der Waals surface area contributed by atoms with Gasteiger partial charge in [0.05, 0.1) is 20.8 Å². The third kappa shape index (κ3) is 6.06. The van der Waals surface area contributed by atoms with Crippen LogP contribution in [0, 0.1) is 0 Å². The summed E-state index contributed by atoms with van der Waals surface area (Å²) in [6.07, 6.45) is 4.22. The molecule has 0 fully saturated rings. The van der Waals surface area contributed by atoms with Gasteiger partial charge in [-0.25, -0.2) is 0 Å². The molecule has 1 rings (SSSR count). The fourth-order valence-electron chi connectivity index (χ4n) is 1.97. The van der Waals surface area contributed by atoms with Crippen LogP contribution in [-0.2, 0) is 6.54 Å². The molecule has 0 unspecified atom stereocenters. The van der Waals surface area contributed by atoms with Crippen LogP contribution < -0.4 is 19.5 Å². The Morgan fingerprint density at radius 3 is 2.33 bits per heavy atom. The molecular weight excluding hydrogens is 286 g/mol. The lowest BCUT2D eigenvalue weighted by Crippen LogP contribution is -2.14. The average molecular weight is 313 g/mol. The molecular formula is C16H27NO3S. The van der Waals surface area contributed by atoms with Crippen molar-refractivity contribution in [1.82, 2.24) is 5.32 Å². The van der Waals surface area contributed by atoms with Gasteiger partial charge in [0.1, 0.15) is 0 Å². The molecule has 0 aliphatic carbocycles. The monoisotopic (exact) mass is 313 g/mol. The highest BCUT2D eigenvalue weighted by molar-refractivity contribution is 7.98. The van der Waals surface area contributed by atoms with Gasteiger partial charge in [0.2, 0.25) is 5.75 Å². The lowest BCUT2D eigenvalue weighted by atomic mass is 10.1. The molecule has 0 saturated carbocycles. The van der Waals surface area contributed by atoms with Crippen LogP contribution in [0.5, 0.6) is 17.2 Å². The summed E-state index contributed by atoms with van der Waals surface area (Å²) < 4.78 is 16.8.